The van der Waals surface area contributed by atoms with E-state index >= 15 is 0 Å². The van der Waals surface area contributed by atoms with Gasteiger partial charge in [0, 0.05) is 6.20 Å². The second kappa shape index (κ2) is 3.06. The molecular formula is C7H6N4OS. The van der Waals surface area contributed by atoms with Crippen LogP contribution in [0.2, 0.25) is 0 Å². The molecule has 0 saturated heterocycles. The Kier molecular flexibility index (Phi) is 1.90. The van der Waals surface area contributed by atoms with E-state index in [0.717, 1.165) is 0 Å². The first-order valence-corrected chi connectivity index (χ1v) is 4.02. The third-order valence-corrected chi connectivity index (χ3v) is 1.61. The Hall–Kier alpha value is -1.56. The zero-order valence-corrected chi connectivity index (χ0v) is 7.63. The van der Waals surface area contributed by atoms with Gasteiger partial charge in [-0.15, -0.1) is 5.10 Å². The summed E-state index contributed by atoms with van der Waals surface area (Å²) in [5, 5.41) is 6.37. The van der Waals surface area contributed by atoms with Gasteiger partial charge in [-0.2, -0.15) is 0 Å². The van der Waals surface area contributed by atoms with Gasteiger partial charge in [0.25, 0.3) is 10.7 Å². The lowest BCUT2D eigenvalue weighted by Gasteiger charge is -1.93. The predicted octanol–water partition coefficient (Wildman–Crippen LogP) is 1.50. The molecule has 0 aliphatic rings. The maximum atomic E-state index is 5.08. The van der Waals surface area contributed by atoms with E-state index in [9.17, 15) is 0 Å². The van der Waals surface area contributed by atoms with Crippen LogP contribution >= 0.6 is 12.2 Å². The van der Waals surface area contributed by atoms with Gasteiger partial charge < -0.3 is 4.42 Å². The first-order valence-electron chi connectivity index (χ1n) is 3.61. The van der Waals surface area contributed by atoms with Crippen molar-refractivity contribution in [2.24, 2.45) is 0 Å². The Morgan fingerprint density at radius 1 is 1.54 bits per heavy atom. The van der Waals surface area contributed by atoms with Crippen molar-refractivity contribution >= 4 is 12.2 Å². The van der Waals surface area contributed by atoms with Gasteiger partial charge in [-0.3, -0.25) is 0 Å². The molecular weight excluding hydrogens is 188 g/mol. The van der Waals surface area contributed by atoms with E-state index in [4.69, 9.17) is 16.6 Å². The molecule has 0 aromatic carbocycles. The summed E-state index contributed by atoms with van der Waals surface area (Å²) in [6, 6.07) is 1.71. The van der Waals surface area contributed by atoms with Crippen LogP contribution in [0.25, 0.3) is 11.6 Å². The molecule has 0 radical (unpaired) electrons. The molecule has 0 aliphatic carbocycles. The van der Waals surface area contributed by atoms with Crippen molar-refractivity contribution < 1.29 is 4.42 Å². The van der Waals surface area contributed by atoms with Crippen LogP contribution in [0.4, 0.5) is 0 Å². The van der Waals surface area contributed by atoms with E-state index in [2.05, 4.69) is 20.2 Å². The molecule has 13 heavy (non-hydrogen) atoms. The van der Waals surface area contributed by atoms with Crippen molar-refractivity contribution in [1.29, 1.82) is 0 Å². The molecule has 0 aliphatic heterocycles. The molecule has 2 aromatic rings. The summed E-state index contributed by atoms with van der Waals surface area (Å²) in [6.07, 6.45) is 1.64. The molecule has 2 rings (SSSR count). The largest absolute Gasteiger partial charge is 0.408 e. The van der Waals surface area contributed by atoms with E-state index in [1.54, 1.807) is 19.2 Å². The molecule has 1 N–H and O–H groups in total. The summed E-state index contributed by atoms with van der Waals surface area (Å²) in [5.74, 6) is 1.05. The van der Waals surface area contributed by atoms with E-state index in [1.165, 1.54) is 0 Å². The molecule has 0 bridgehead atoms. The zero-order chi connectivity index (χ0) is 9.26. The molecule has 0 unspecified atom stereocenters. The second-order valence-corrected chi connectivity index (χ2v) is 2.78. The summed E-state index contributed by atoms with van der Waals surface area (Å²) in [7, 11) is 0. The average molecular weight is 194 g/mol. The highest BCUT2D eigenvalue weighted by Gasteiger charge is 2.04. The molecule has 2 heterocycles. The van der Waals surface area contributed by atoms with Crippen molar-refractivity contribution in [2.45, 2.75) is 6.92 Å². The van der Waals surface area contributed by atoms with Crippen LogP contribution in [0, 0.1) is 11.8 Å². The number of nitrogens with one attached hydrogen (secondary N) is 1. The van der Waals surface area contributed by atoms with E-state index in [1.807, 2.05) is 0 Å². The van der Waals surface area contributed by atoms with Crippen LogP contribution < -0.4 is 0 Å². The summed E-state index contributed by atoms with van der Waals surface area (Å²) >= 11 is 4.74. The Balaban J connectivity index is 2.52. The number of nitrogens with zero attached hydrogens (tertiary/aromatic N) is 3. The van der Waals surface area contributed by atoms with E-state index in [-0.39, 0.29) is 4.84 Å². The molecule has 5 nitrogen and oxygen atoms in total. The van der Waals surface area contributed by atoms with E-state index < -0.39 is 0 Å². The van der Waals surface area contributed by atoms with Gasteiger partial charge in [-0.05, 0) is 25.2 Å². The quantitative estimate of drug-likeness (QED) is 0.697. The monoisotopic (exact) mass is 194 g/mol. The second-order valence-electron chi connectivity index (χ2n) is 2.41. The Bertz CT molecular complexity index is 475. The SMILES string of the molecule is Cc1nccc(-c2n[nH]c(=S)o2)n1. The highest BCUT2D eigenvalue weighted by atomic mass is 32.1. The maximum absolute atomic E-state index is 5.08. The van der Waals surface area contributed by atoms with Crippen molar-refractivity contribution in [3.05, 3.63) is 22.9 Å². The smallest absolute Gasteiger partial charge is 0.284 e. The van der Waals surface area contributed by atoms with Gasteiger partial charge >= 0.3 is 0 Å². The van der Waals surface area contributed by atoms with Gasteiger partial charge in [0.05, 0.1) is 0 Å². The fourth-order valence-corrected chi connectivity index (χ4v) is 1.04. The summed E-state index contributed by atoms with van der Waals surface area (Å²) in [4.78, 5) is 8.32. The fraction of sp³-hybridized carbons (Fsp3) is 0.143. The van der Waals surface area contributed by atoms with Crippen molar-refractivity contribution in [3.63, 3.8) is 0 Å². The van der Waals surface area contributed by atoms with Crippen molar-refractivity contribution in [2.75, 3.05) is 0 Å². The summed E-state index contributed by atoms with van der Waals surface area (Å²) in [6.45, 7) is 1.80. The zero-order valence-electron chi connectivity index (χ0n) is 6.81. The number of hydrogen-bond acceptors (Lipinski definition) is 5. The third kappa shape index (κ3) is 1.62. The number of hydrogen-bond donors (Lipinski definition) is 1. The van der Waals surface area contributed by atoms with Crippen LogP contribution in [0.5, 0.6) is 0 Å². The molecule has 0 fully saturated rings. The van der Waals surface area contributed by atoms with Crippen LogP contribution in [-0.2, 0) is 0 Å². The molecule has 0 saturated carbocycles. The first kappa shape index (κ1) is 8.06. The van der Waals surface area contributed by atoms with Gasteiger partial charge in [0.2, 0.25) is 0 Å². The first-order chi connectivity index (χ1) is 6.25. The van der Waals surface area contributed by atoms with Gasteiger partial charge in [-0.1, -0.05) is 0 Å². The Morgan fingerprint density at radius 3 is 3.00 bits per heavy atom. The number of aromatic nitrogens is 4. The van der Waals surface area contributed by atoms with Crippen LogP contribution in [0.15, 0.2) is 16.7 Å². The fourth-order valence-electron chi connectivity index (χ4n) is 0.915. The lowest BCUT2D eigenvalue weighted by Crippen LogP contribution is -1.89. The maximum Gasteiger partial charge on any atom is 0.284 e. The average Bonchev–Trinajstić information content (AvgIpc) is 2.52. The summed E-state index contributed by atoms with van der Waals surface area (Å²) in [5.41, 5.74) is 0.625. The lowest BCUT2D eigenvalue weighted by atomic mass is 10.4. The minimum atomic E-state index is 0.242. The molecule has 0 spiro atoms. The minimum Gasteiger partial charge on any atom is -0.408 e. The van der Waals surface area contributed by atoms with Crippen LogP contribution in [-0.4, -0.2) is 20.2 Å². The van der Waals surface area contributed by atoms with Gasteiger partial charge in [-0.25, -0.2) is 15.1 Å². The highest BCUT2D eigenvalue weighted by Crippen LogP contribution is 2.12. The van der Waals surface area contributed by atoms with Crippen LogP contribution in [0.1, 0.15) is 5.82 Å². The molecule has 2 aromatic heterocycles. The minimum absolute atomic E-state index is 0.242. The van der Waals surface area contributed by atoms with Gasteiger partial charge in [0.1, 0.15) is 11.5 Å². The van der Waals surface area contributed by atoms with Crippen molar-refractivity contribution in [1.82, 2.24) is 20.2 Å². The van der Waals surface area contributed by atoms with Crippen molar-refractivity contribution in [3.8, 4) is 11.6 Å². The lowest BCUT2D eigenvalue weighted by molar-refractivity contribution is 0.549. The standard InChI is InChI=1S/C7H6N4OS/c1-4-8-3-2-5(9-4)6-10-11-7(13)12-6/h2-3H,1H3,(H,11,13). The summed E-state index contributed by atoms with van der Waals surface area (Å²) < 4.78 is 5.08. The van der Waals surface area contributed by atoms with Crippen LogP contribution in [0.3, 0.4) is 0 Å². The highest BCUT2D eigenvalue weighted by molar-refractivity contribution is 7.71. The van der Waals surface area contributed by atoms with Gasteiger partial charge in [0.15, 0.2) is 0 Å². The number of H-pyrrole nitrogens is 1. The number of aryl methyl sites for hydroxylation is 1. The normalized spacial score (nSPS) is 10.2. The topological polar surface area (TPSA) is 67.6 Å². The van der Waals surface area contributed by atoms with E-state index in [0.29, 0.717) is 17.4 Å². The molecule has 6 heteroatoms. The molecule has 0 atom stereocenters. The molecule has 66 valence electrons. The number of rotatable bonds is 1. The molecule has 0 amide bonds. The Morgan fingerprint density at radius 2 is 2.38 bits per heavy atom. The number of aromatic amines is 1. The predicted molar refractivity (Wildman–Crippen MR) is 47.5 cm³/mol. The Labute approximate surface area is 78.9 Å². The third-order valence-electron chi connectivity index (χ3n) is 1.43.